The first kappa shape index (κ1) is 15.4. The number of nitrogens with zero attached hydrogens (tertiary/aromatic N) is 1. The minimum Gasteiger partial charge on any atom is -0.480 e. The Morgan fingerprint density at radius 3 is 2.25 bits per heavy atom. The average Bonchev–Trinajstić information content (AvgIpc) is 2.15. The van der Waals surface area contributed by atoms with Crippen LogP contribution in [0.5, 0.6) is 0 Å². The van der Waals surface area contributed by atoms with Crippen LogP contribution in [0.2, 0.25) is 0 Å². The normalized spacial score (nSPS) is 13.8. The summed E-state index contributed by atoms with van der Waals surface area (Å²) in [6.45, 7) is 9.91. The molecule has 0 aliphatic heterocycles. The minimum atomic E-state index is -0.757. The van der Waals surface area contributed by atoms with Crippen molar-refractivity contribution in [3.8, 4) is 0 Å². The second-order valence-electron chi connectivity index (χ2n) is 4.94. The van der Waals surface area contributed by atoms with Crippen LogP contribution in [0.3, 0.4) is 0 Å². The first-order valence-corrected chi connectivity index (χ1v) is 6.02. The highest BCUT2D eigenvalue weighted by molar-refractivity contribution is 5.73. The van der Waals surface area contributed by atoms with Crippen molar-refractivity contribution in [1.29, 1.82) is 0 Å². The maximum Gasteiger partial charge on any atom is 0.320 e. The van der Waals surface area contributed by atoms with Crippen LogP contribution >= 0.6 is 0 Å². The third kappa shape index (κ3) is 6.08. The Hall–Kier alpha value is -0.610. The molecule has 0 aromatic carbocycles. The molecule has 0 aliphatic carbocycles. The fourth-order valence-corrected chi connectivity index (χ4v) is 1.45. The van der Waals surface area contributed by atoms with E-state index >= 15 is 0 Å². The Bertz CT molecular complexity index is 205. The van der Waals surface area contributed by atoms with Gasteiger partial charge in [0.1, 0.15) is 6.04 Å². The monoisotopic (exact) mass is 230 g/mol. The van der Waals surface area contributed by atoms with Crippen molar-refractivity contribution in [2.45, 2.75) is 46.2 Å². The predicted octanol–water partition coefficient (Wildman–Crippen LogP) is 1.42. The molecule has 1 atom stereocenters. The van der Waals surface area contributed by atoms with E-state index in [9.17, 15) is 4.79 Å². The van der Waals surface area contributed by atoms with Crippen molar-refractivity contribution in [2.75, 3.05) is 20.1 Å². The molecule has 2 N–H and O–H groups in total. The highest BCUT2D eigenvalue weighted by Crippen LogP contribution is 2.02. The van der Waals surface area contributed by atoms with Crippen LogP contribution in [0.1, 0.15) is 34.1 Å². The summed E-state index contributed by atoms with van der Waals surface area (Å²) in [4.78, 5) is 13.2. The standard InChI is InChI=1S/C12H26N2O2/c1-9(2)11(12(15)16)13-7-6-8-14(5)10(3)4/h9-11,13H,6-8H2,1-5H3,(H,15,16). The van der Waals surface area contributed by atoms with Gasteiger partial charge in [0.05, 0.1) is 0 Å². The van der Waals surface area contributed by atoms with E-state index in [0.717, 1.165) is 19.5 Å². The minimum absolute atomic E-state index is 0.125. The second kappa shape index (κ2) is 7.63. The van der Waals surface area contributed by atoms with E-state index in [-0.39, 0.29) is 5.92 Å². The van der Waals surface area contributed by atoms with Gasteiger partial charge in [0.25, 0.3) is 0 Å². The van der Waals surface area contributed by atoms with E-state index < -0.39 is 12.0 Å². The van der Waals surface area contributed by atoms with Gasteiger partial charge in [0.2, 0.25) is 0 Å². The van der Waals surface area contributed by atoms with Crippen LogP contribution in [0, 0.1) is 5.92 Å². The Kier molecular flexibility index (Phi) is 7.34. The molecule has 0 amide bonds. The van der Waals surface area contributed by atoms with E-state index in [1.807, 2.05) is 13.8 Å². The molecule has 0 saturated heterocycles. The summed E-state index contributed by atoms with van der Waals surface area (Å²) in [5, 5.41) is 12.1. The zero-order chi connectivity index (χ0) is 12.7. The number of nitrogens with one attached hydrogen (secondary N) is 1. The molecular formula is C12H26N2O2. The van der Waals surface area contributed by atoms with E-state index in [2.05, 4.69) is 31.1 Å². The van der Waals surface area contributed by atoms with Crippen LogP contribution in [0.4, 0.5) is 0 Å². The number of carbonyl (C=O) groups is 1. The highest BCUT2D eigenvalue weighted by Gasteiger charge is 2.19. The lowest BCUT2D eigenvalue weighted by atomic mass is 10.0. The molecule has 1 unspecified atom stereocenters. The molecule has 0 heterocycles. The molecule has 0 aromatic heterocycles. The molecule has 96 valence electrons. The second-order valence-corrected chi connectivity index (χ2v) is 4.94. The van der Waals surface area contributed by atoms with Gasteiger partial charge < -0.3 is 15.3 Å². The summed E-state index contributed by atoms with van der Waals surface area (Å²) in [5.74, 6) is -0.632. The lowest BCUT2D eigenvalue weighted by Gasteiger charge is -2.22. The number of aliphatic carboxylic acids is 1. The van der Waals surface area contributed by atoms with E-state index in [0.29, 0.717) is 6.04 Å². The lowest BCUT2D eigenvalue weighted by molar-refractivity contribution is -0.140. The topological polar surface area (TPSA) is 52.6 Å². The van der Waals surface area contributed by atoms with Gasteiger partial charge in [-0.15, -0.1) is 0 Å². The van der Waals surface area contributed by atoms with Gasteiger partial charge in [-0.2, -0.15) is 0 Å². The third-order valence-electron chi connectivity index (χ3n) is 2.87. The Morgan fingerprint density at radius 1 is 1.31 bits per heavy atom. The molecule has 0 aromatic rings. The summed E-state index contributed by atoms with van der Waals surface area (Å²) in [7, 11) is 2.09. The van der Waals surface area contributed by atoms with Gasteiger partial charge in [-0.25, -0.2) is 0 Å². The van der Waals surface area contributed by atoms with Crippen molar-refractivity contribution in [3.05, 3.63) is 0 Å². The van der Waals surface area contributed by atoms with Crippen LogP contribution in [0.25, 0.3) is 0 Å². The summed E-state index contributed by atoms with van der Waals surface area (Å²) >= 11 is 0. The maximum atomic E-state index is 10.9. The largest absolute Gasteiger partial charge is 0.480 e. The predicted molar refractivity (Wildman–Crippen MR) is 66.6 cm³/mol. The molecule has 4 heteroatoms. The zero-order valence-corrected chi connectivity index (χ0v) is 11.2. The molecule has 0 rings (SSSR count). The van der Waals surface area contributed by atoms with Crippen molar-refractivity contribution >= 4 is 5.97 Å². The van der Waals surface area contributed by atoms with Gasteiger partial charge in [0.15, 0.2) is 0 Å². The fourth-order valence-electron chi connectivity index (χ4n) is 1.45. The molecule has 0 aliphatic rings. The van der Waals surface area contributed by atoms with Crippen molar-refractivity contribution < 1.29 is 9.90 Å². The number of carboxylic acids is 1. The lowest BCUT2D eigenvalue weighted by Crippen LogP contribution is -2.42. The number of hydrogen-bond acceptors (Lipinski definition) is 3. The van der Waals surface area contributed by atoms with E-state index in [1.54, 1.807) is 0 Å². The zero-order valence-electron chi connectivity index (χ0n) is 11.2. The van der Waals surface area contributed by atoms with Gasteiger partial charge in [0, 0.05) is 6.04 Å². The smallest absolute Gasteiger partial charge is 0.320 e. The summed E-state index contributed by atoms with van der Waals surface area (Å²) in [6.07, 6.45) is 0.977. The van der Waals surface area contributed by atoms with Gasteiger partial charge in [-0.1, -0.05) is 13.8 Å². The van der Waals surface area contributed by atoms with Crippen molar-refractivity contribution in [1.82, 2.24) is 10.2 Å². The molecule has 0 spiro atoms. The molecule has 4 nitrogen and oxygen atoms in total. The van der Waals surface area contributed by atoms with Crippen molar-refractivity contribution in [3.63, 3.8) is 0 Å². The Balaban J connectivity index is 3.75. The summed E-state index contributed by atoms with van der Waals surface area (Å²) < 4.78 is 0. The number of rotatable bonds is 8. The fraction of sp³-hybridized carbons (Fsp3) is 0.917. The number of hydrogen-bond donors (Lipinski definition) is 2. The molecule has 0 fully saturated rings. The van der Waals surface area contributed by atoms with Crippen LogP contribution < -0.4 is 5.32 Å². The van der Waals surface area contributed by atoms with Crippen LogP contribution in [-0.2, 0) is 4.79 Å². The van der Waals surface area contributed by atoms with Gasteiger partial charge in [-0.05, 0) is 46.3 Å². The average molecular weight is 230 g/mol. The molecule has 0 saturated carbocycles. The van der Waals surface area contributed by atoms with Gasteiger partial charge >= 0.3 is 5.97 Å². The number of carboxylic acid groups (broad SMARTS) is 1. The molecule has 0 bridgehead atoms. The van der Waals surface area contributed by atoms with Gasteiger partial charge in [-0.3, -0.25) is 4.79 Å². The van der Waals surface area contributed by atoms with E-state index in [4.69, 9.17) is 5.11 Å². The van der Waals surface area contributed by atoms with E-state index in [1.165, 1.54) is 0 Å². The Morgan fingerprint density at radius 2 is 1.88 bits per heavy atom. The first-order valence-electron chi connectivity index (χ1n) is 6.02. The third-order valence-corrected chi connectivity index (χ3v) is 2.87. The first-order chi connectivity index (χ1) is 7.36. The molecule has 16 heavy (non-hydrogen) atoms. The molecule has 0 radical (unpaired) electrons. The van der Waals surface area contributed by atoms with Crippen molar-refractivity contribution in [2.24, 2.45) is 5.92 Å². The highest BCUT2D eigenvalue weighted by atomic mass is 16.4. The Labute approximate surface area is 99.0 Å². The quantitative estimate of drug-likeness (QED) is 0.619. The molecular weight excluding hydrogens is 204 g/mol. The van der Waals surface area contributed by atoms with Crippen LogP contribution in [0.15, 0.2) is 0 Å². The van der Waals surface area contributed by atoms with Crippen LogP contribution in [-0.4, -0.2) is 48.2 Å². The maximum absolute atomic E-state index is 10.9. The SMILES string of the molecule is CC(C)C(NCCCN(C)C(C)C)C(=O)O. The summed E-state index contributed by atoms with van der Waals surface area (Å²) in [6, 6.07) is 0.115. The summed E-state index contributed by atoms with van der Waals surface area (Å²) in [5.41, 5.74) is 0.